The lowest BCUT2D eigenvalue weighted by Gasteiger charge is -2.00. The van der Waals surface area contributed by atoms with Gasteiger partial charge in [0.05, 0.1) is 0 Å². The molecule has 0 amide bonds. The van der Waals surface area contributed by atoms with Gasteiger partial charge < -0.3 is 0 Å². The Balaban J connectivity index is 2.50. The zero-order valence-electron chi connectivity index (χ0n) is 7.96. The fourth-order valence-corrected chi connectivity index (χ4v) is 1.52. The molecule has 0 aliphatic carbocycles. The number of hydrogen-bond donors (Lipinski definition) is 0. The molecule has 0 heterocycles. The van der Waals surface area contributed by atoms with Crippen LogP contribution >= 0.6 is 15.9 Å². The topological polar surface area (TPSA) is 0 Å². The van der Waals surface area contributed by atoms with Gasteiger partial charge >= 0.3 is 0 Å². The molecular formula is C12H15Br. The summed E-state index contributed by atoms with van der Waals surface area (Å²) in [6.45, 7) is 2.19. The van der Waals surface area contributed by atoms with E-state index in [1.54, 1.807) is 0 Å². The van der Waals surface area contributed by atoms with Crippen LogP contribution in [-0.4, -0.2) is 5.33 Å². The summed E-state index contributed by atoms with van der Waals surface area (Å²) in [5.41, 5.74) is 2.84. The average molecular weight is 239 g/mol. The average Bonchev–Trinajstić information content (AvgIpc) is 2.16. The Morgan fingerprint density at radius 3 is 2.62 bits per heavy atom. The third-order valence-electron chi connectivity index (χ3n) is 1.93. The number of alkyl halides is 1. The molecule has 0 unspecified atom stereocenters. The minimum absolute atomic E-state index is 1.05. The molecule has 13 heavy (non-hydrogen) atoms. The number of allylic oxidation sites excluding steroid dienone is 2. The highest BCUT2D eigenvalue weighted by Gasteiger charge is 1.92. The molecule has 0 nitrogen and oxygen atoms in total. The van der Waals surface area contributed by atoms with Crippen LogP contribution in [0.4, 0.5) is 0 Å². The Labute approximate surface area is 88.8 Å². The van der Waals surface area contributed by atoms with Gasteiger partial charge in [-0.15, -0.1) is 0 Å². The fourth-order valence-electron chi connectivity index (χ4n) is 1.29. The molecule has 0 radical (unpaired) electrons. The van der Waals surface area contributed by atoms with Crippen LogP contribution in [0.3, 0.4) is 0 Å². The summed E-state index contributed by atoms with van der Waals surface area (Å²) < 4.78 is 0. The van der Waals surface area contributed by atoms with E-state index in [2.05, 4.69) is 59.3 Å². The Morgan fingerprint density at radius 2 is 2.00 bits per heavy atom. The summed E-state index contributed by atoms with van der Waals surface area (Å²) >= 11 is 3.42. The Morgan fingerprint density at radius 1 is 1.31 bits per heavy atom. The molecule has 1 aromatic rings. The van der Waals surface area contributed by atoms with Crippen LogP contribution in [-0.2, 0) is 6.42 Å². The third-order valence-corrected chi connectivity index (χ3v) is 2.39. The van der Waals surface area contributed by atoms with Gasteiger partial charge in [0.1, 0.15) is 0 Å². The molecule has 1 aromatic carbocycles. The van der Waals surface area contributed by atoms with Crippen molar-refractivity contribution in [1.29, 1.82) is 0 Å². The highest BCUT2D eigenvalue weighted by molar-refractivity contribution is 9.09. The molecule has 1 rings (SSSR count). The van der Waals surface area contributed by atoms with Gasteiger partial charge in [0, 0.05) is 5.33 Å². The predicted molar refractivity (Wildman–Crippen MR) is 62.3 cm³/mol. The van der Waals surface area contributed by atoms with Crippen molar-refractivity contribution in [2.75, 3.05) is 5.33 Å². The van der Waals surface area contributed by atoms with Gasteiger partial charge in [-0.2, -0.15) is 0 Å². The van der Waals surface area contributed by atoms with Crippen LogP contribution in [0, 0.1) is 0 Å². The molecule has 0 N–H and O–H groups in total. The Bertz CT molecular complexity index is 262. The quantitative estimate of drug-likeness (QED) is 0.551. The SMILES string of the molecule is C/C(=C/CCBr)Cc1ccccc1. The summed E-state index contributed by atoms with van der Waals surface area (Å²) in [4.78, 5) is 0. The van der Waals surface area contributed by atoms with E-state index in [-0.39, 0.29) is 0 Å². The maximum Gasteiger partial charge on any atom is 0.00660 e. The van der Waals surface area contributed by atoms with Gasteiger partial charge in [-0.05, 0) is 25.3 Å². The first-order valence-corrected chi connectivity index (χ1v) is 5.70. The van der Waals surface area contributed by atoms with Crippen LogP contribution < -0.4 is 0 Å². The van der Waals surface area contributed by atoms with Crippen LogP contribution in [0.2, 0.25) is 0 Å². The summed E-state index contributed by atoms with van der Waals surface area (Å²) in [7, 11) is 0. The van der Waals surface area contributed by atoms with Gasteiger partial charge in [0.2, 0.25) is 0 Å². The monoisotopic (exact) mass is 238 g/mol. The van der Waals surface area contributed by atoms with Crippen molar-refractivity contribution >= 4 is 15.9 Å². The van der Waals surface area contributed by atoms with Crippen LogP contribution in [0.25, 0.3) is 0 Å². The molecule has 1 heteroatoms. The molecule has 0 saturated heterocycles. The first kappa shape index (κ1) is 10.5. The van der Waals surface area contributed by atoms with Crippen LogP contribution in [0.1, 0.15) is 18.9 Å². The lowest BCUT2D eigenvalue weighted by molar-refractivity contribution is 1.10. The van der Waals surface area contributed by atoms with Gasteiger partial charge in [-0.3, -0.25) is 0 Å². The number of halogens is 1. The van der Waals surface area contributed by atoms with Gasteiger partial charge in [0.15, 0.2) is 0 Å². The molecule has 0 saturated carbocycles. The summed E-state index contributed by atoms with van der Waals surface area (Å²) in [6.07, 6.45) is 4.49. The second kappa shape index (κ2) is 5.98. The van der Waals surface area contributed by atoms with Crippen LogP contribution in [0.15, 0.2) is 42.0 Å². The van der Waals surface area contributed by atoms with Crippen LogP contribution in [0.5, 0.6) is 0 Å². The summed E-state index contributed by atoms with van der Waals surface area (Å²) in [5, 5.41) is 1.05. The smallest absolute Gasteiger partial charge is 0.00660 e. The molecule has 0 aromatic heterocycles. The number of benzene rings is 1. The van der Waals surface area contributed by atoms with E-state index in [0.717, 1.165) is 18.2 Å². The molecular weight excluding hydrogens is 224 g/mol. The van der Waals surface area contributed by atoms with E-state index in [1.165, 1.54) is 11.1 Å². The Kier molecular flexibility index (Phi) is 4.84. The van der Waals surface area contributed by atoms with Crippen molar-refractivity contribution in [2.45, 2.75) is 19.8 Å². The highest BCUT2D eigenvalue weighted by atomic mass is 79.9. The first-order chi connectivity index (χ1) is 6.33. The van der Waals surface area contributed by atoms with Crippen molar-refractivity contribution in [1.82, 2.24) is 0 Å². The lowest BCUT2D eigenvalue weighted by Crippen LogP contribution is -1.86. The molecule has 70 valence electrons. The predicted octanol–water partition coefficient (Wildman–Crippen LogP) is 3.96. The lowest BCUT2D eigenvalue weighted by atomic mass is 10.1. The van der Waals surface area contributed by atoms with Crippen molar-refractivity contribution < 1.29 is 0 Å². The molecule has 0 aliphatic heterocycles. The van der Waals surface area contributed by atoms with E-state index in [0.29, 0.717) is 0 Å². The van der Waals surface area contributed by atoms with E-state index in [9.17, 15) is 0 Å². The van der Waals surface area contributed by atoms with E-state index < -0.39 is 0 Å². The summed E-state index contributed by atoms with van der Waals surface area (Å²) in [5.74, 6) is 0. The standard InChI is InChI=1S/C12H15Br/c1-11(6-5-9-13)10-12-7-3-2-4-8-12/h2-4,6-8H,5,9-10H2,1H3/b11-6-. The zero-order chi connectivity index (χ0) is 9.52. The van der Waals surface area contributed by atoms with Gasteiger partial charge in [-0.1, -0.05) is 57.9 Å². The minimum atomic E-state index is 1.05. The Hall–Kier alpha value is -0.560. The fraction of sp³-hybridized carbons (Fsp3) is 0.333. The maximum atomic E-state index is 3.42. The number of rotatable bonds is 4. The molecule has 0 bridgehead atoms. The largest absolute Gasteiger partial charge is 0.0925 e. The molecule has 0 spiro atoms. The van der Waals surface area contributed by atoms with Gasteiger partial charge in [-0.25, -0.2) is 0 Å². The normalized spacial score (nSPS) is 11.7. The molecule has 0 atom stereocenters. The molecule has 0 fully saturated rings. The first-order valence-electron chi connectivity index (χ1n) is 4.58. The number of hydrogen-bond acceptors (Lipinski definition) is 0. The second-order valence-electron chi connectivity index (χ2n) is 3.19. The maximum absolute atomic E-state index is 3.42. The van der Waals surface area contributed by atoms with Gasteiger partial charge in [0.25, 0.3) is 0 Å². The highest BCUT2D eigenvalue weighted by Crippen LogP contribution is 2.08. The minimum Gasteiger partial charge on any atom is -0.0925 e. The second-order valence-corrected chi connectivity index (χ2v) is 3.98. The zero-order valence-corrected chi connectivity index (χ0v) is 9.55. The van der Waals surface area contributed by atoms with Crippen molar-refractivity contribution in [2.24, 2.45) is 0 Å². The summed E-state index contributed by atoms with van der Waals surface area (Å²) in [6, 6.07) is 10.6. The third kappa shape index (κ3) is 4.28. The van der Waals surface area contributed by atoms with Crippen molar-refractivity contribution in [3.05, 3.63) is 47.5 Å². The van der Waals surface area contributed by atoms with E-state index in [1.807, 2.05) is 0 Å². The van der Waals surface area contributed by atoms with Crippen molar-refractivity contribution in [3.63, 3.8) is 0 Å². The van der Waals surface area contributed by atoms with Crippen molar-refractivity contribution in [3.8, 4) is 0 Å². The van der Waals surface area contributed by atoms with E-state index in [4.69, 9.17) is 0 Å². The van der Waals surface area contributed by atoms with E-state index >= 15 is 0 Å². The molecule has 0 aliphatic rings.